The number of nitrogens with zero attached hydrogens (tertiary/aromatic N) is 5. The van der Waals surface area contributed by atoms with Gasteiger partial charge in [0.05, 0.1) is 5.56 Å². The number of anilines is 1. The van der Waals surface area contributed by atoms with Gasteiger partial charge >= 0.3 is 12.0 Å². The Bertz CT molecular complexity index is 991. The molecule has 0 unspecified atom stereocenters. The molecule has 1 saturated heterocycles. The predicted molar refractivity (Wildman–Crippen MR) is 98.7 cm³/mol. The second-order valence-electron chi connectivity index (χ2n) is 6.53. The first-order chi connectivity index (χ1) is 13.3. The van der Waals surface area contributed by atoms with Gasteiger partial charge in [0.25, 0.3) is 4.96 Å². The molecule has 3 heterocycles. The van der Waals surface area contributed by atoms with Crippen LogP contribution in [0.5, 0.6) is 0 Å². The van der Waals surface area contributed by atoms with Crippen LogP contribution in [0.25, 0.3) is 4.96 Å². The lowest BCUT2D eigenvalue weighted by Gasteiger charge is -2.34. The van der Waals surface area contributed by atoms with Crippen molar-refractivity contribution in [2.45, 2.75) is 12.7 Å². The normalized spacial score (nSPS) is 16.0. The molecule has 0 radical (unpaired) electrons. The Morgan fingerprint density at radius 1 is 1.14 bits per heavy atom. The van der Waals surface area contributed by atoms with Gasteiger partial charge in [0.15, 0.2) is 0 Å². The Morgan fingerprint density at radius 2 is 1.82 bits per heavy atom. The van der Waals surface area contributed by atoms with E-state index in [1.54, 1.807) is 11.6 Å². The highest BCUT2D eigenvalue weighted by Gasteiger charge is 2.31. The summed E-state index contributed by atoms with van der Waals surface area (Å²) in [5, 5.41) is 13.2. The van der Waals surface area contributed by atoms with E-state index in [-0.39, 0.29) is 5.82 Å². The van der Waals surface area contributed by atoms with E-state index >= 15 is 0 Å². The molecule has 28 heavy (non-hydrogen) atoms. The van der Waals surface area contributed by atoms with Gasteiger partial charge in [-0.25, -0.2) is 0 Å². The summed E-state index contributed by atoms with van der Waals surface area (Å²) >= 11 is 1.34. The average molecular weight is 411 g/mol. The average Bonchev–Trinajstić information content (AvgIpc) is 3.22. The third-order valence-corrected chi connectivity index (χ3v) is 5.51. The van der Waals surface area contributed by atoms with Crippen molar-refractivity contribution in [3.8, 4) is 0 Å². The maximum absolute atomic E-state index is 12.7. The monoisotopic (exact) mass is 411 g/mol. The molecule has 1 aliphatic heterocycles. The minimum atomic E-state index is -4.34. The summed E-state index contributed by atoms with van der Waals surface area (Å²) in [4.78, 5) is 20.0. The molecule has 0 aliphatic carbocycles. The van der Waals surface area contributed by atoms with Crippen molar-refractivity contribution < 1.29 is 18.1 Å². The van der Waals surface area contributed by atoms with Crippen molar-refractivity contribution in [3.63, 3.8) is 0 Å². The van der Waals surface area contributed by atoms with Gasteiger partial charge in [0.2, 0.25) is 5.82 Å². The summed E-state index contributed by atoms with van der Waals surface area (Å²) in [7, 11) is 0. The number of imidazole rings is 1. The molecule has 7 nitrogen and oxygen atoms in total. The van der Waals surface area contributed by atoms with E-state index in [2.05, 4.69) is 9.88 Å². The third-order valence-electron chi connectivity index (χ3n) is 4.75. The molecule has 11 heteroatoms. The fourth-order valence-corrected chi connectivity index (χ4v) is 4.02. The number of fused-ring (bicyclic) bond motifs is 1. The van der Waals surface area contributed by atoms with Crippen molar-refractivity contribution in [1.29, 1.82) is 0 Å². The van der Waals surface area contributed by atoms with E-state index in [1.165, 1.54) is 27.9 Å². The van der Waals surface area contributed by atoms with E-state index in [0.29, 0.717) is 43.5 Å². The molecule has 4 rings (SSSR count). The summed E-state index contributed by atoms with van der Waals surface area (Å²) in [6, 6.07) is 5.16. The molecule has 0 atom stereocenters. The van der Waals surface area contributed by atoms with E-state index in [0.717, 1.165) is 17.7 Å². The van der Waals surface area contributed by atoms with Crippen LogP contribution >= 0.6 is 11.3 Å². The number of rotatable bonds is 4. The standard InChI is InChI=1S/C17H16F3N5O2S/c18-17(19,20)13-3-1-12(2-4-13)11-22-5-7-23(8-6-22)14-15(25(26)27)24-9-10-28-16(24)21-14/h1-4,9-10H,5-8,11H2. The summed E-state index contributed by atoms with van der Waals surface area (Å²) in [5.41, 5.74) is 0.142. The maximum Gasteiger partial charge on any atom is 0.416 e. The Morgan fingerprint density at radius 3 is 2.43 bits per heavy atom. The van der Waals surface area contributed by atoms with Crippen LogP contribution in [0.15, 0.2) is 35.8 Å². The molecule has 0 N–H and O–H groups in total. The minimum Gasteiger partial charge on any atom is -0.358 e. The zero-order chi connectivity index (χ0) is 19.9. The highest BCUT2D eigenvalue weighted by Crippen LogP contribution is 2.32. The first kappa shape index (κ1) is 18.7. The highest BCUT2D eigenvalue weighted by molar-refractivity contribution is 7.15. The second kappa shape index (κ2) is 7.06. The molecule has 148 valence electrons. The third kappa shape index (κ3) is 3.54. The topological polar surface area (TPSA) is 66.9 Å². The van der Waals surface area contributed by atoms with Gasteiger partial charge in [-0.1, -0.05) is 23.5 Å². The Kier molecular flexibility index (Phi) is 4.71. The molecule has 0 bridgehead atoms. The van der Waals surface area contributed by atoms with E-state index in [1.807, 2.05) is 4.90 Å². The van der Waals surface area contributed by atoms with Crippen molar-refractivity contribution >= 4 is 27.9 Å². The van der Waals surface area contributed by atoms with Crippen molar-refractivity contribution in [2.24, 2.45) is 0 Å². The summed E-state index contributed by atoms with van der Waals surface area (Å²) in [6.07, 6.45) is -2.70. The number of hydrogen-bond acceptors (Lipinski definition) is 6. The summed E-state index contributed by atoms with van der Waals surface area (Å²) < 4.78 is 39.4. The number of benzene rings is 1. The number of aromatic nitrogens is 2. The van der Waals surface area contributed by atoms with Gasteiger partial charge in [-0.05, 0) is 22.6 Å². The molecular weight excluding hydrogens is 395 g/mol. The zero-order valence-electron chi connectivity index (χ0n) is 14.6. The van der Waals surface area contributed by atoms with Gasteiger partial charge in [0, 0.05) is 38.1 Å². The largest absolute Gasteiger partial charge is 0.416 e. The number of piperazine rings is 1. The number of thiazole rings is 1. The van der Waals surface area contributed by atoms with Crippen LogP contribution in [0.4, 0.5) is 24.8 Å². The summed E-state index contributed by atoms with van der Waals surface area (Å²) in [5.74, 6) is 0.332. The number of halogens is 3. The fraction of sp³-hybridized carbons (Fsp3) is 0.353. The Hall–Kier alpha value is -2.66. The maximum atomic E-state index is 12.7. The van der Waals surface area contributed by atoms with Gasteiger partial charge in [-0.15, -0.1) is 0 Å². The van der Waals surface area contributed by atoms with Crippen LogP contribution in [0, 0.1) is 10.1 Å². The van der Waals surface area contributed by atoms with Crippen LogP contribution in [-0.2, 0) is 12.7 Å². The lowest BCUT2D eigenvalue weighted by atomic mass is 10.1. The number of hydrogen-bond donors (Lipinski definition) is 0. The number of alkyl halides is 3. The van der Waals surface area contributed by atoms with E-state index < -0.39 is 16.7 Å². The molecule has 1 aliphatic rings. The SMILES string of the molecule is O=[N+]([O-])c1c(N2CCN(Cc3ccc(C(F)(F)F)cc3)CC2)nc2sccn12. The van der Waals surface area contributed by atoms with E-state index in [9.17, 15) is 23.3 Å². The van der Waals surface area contributed by atoms with Crippen LogP contribution in [0.2, 0.25) is 0 Å². The van der Waals surface area contributed by atoms with Crippen LogP contribution in [0.3, 0.4) is 0 Å². The van der Waals surface area contributed by atoms with Crippen molar-refractivity contribution in [1.82, 2.24) is 14.3 Å². The number of nitro groups is 1. The second-order valence-corrected chi connectivity index (χ2v) is 7.40. The van der Waals surface area contributed by atoms with Crippen molar-refractivity contribution in [3.05, 3.63) is 57.1 Å². The van der Waals surface area contributed by atoms with Crippen molar-refractivity contribution in [2.75, 3.05) is 31.1 Å². The Balaban J connectivity index is 1.42. The molecule has 0 spiro atoms. The highest BCUT2D eigenvalue weighted by atomic mass is 32.1. The van der Waals surface area contributed by atoms with E-state index in [4.69, 9.17) is 0 Å². The molecule has 0 amide bonds. The molecule has 1 aromatic carbocycles. The van der Waals surface area contributed by atoms with Gasteiger partial charge in [-0.3, -0.25) is 4.90 Å². The van der Waals surface area contributed by atoms with Gasteiger partial charge < -0.3 is 15.0 Å². The van der Waals surface area contributed by atoms with Crippen LogP contribution in [0.1, 0.15) is 11.1 Å². The van der Waals surface area contributed by atoms with Crippen LogP contribution < -0.4 is 4.90 Å². The fourth-order valence-electron chi connectivity index (χ4n) is 3.32. The van der Waals surface area contributed by atoms with Gasteiger partial charge in [0.1, 0.15) is 6.20 Å². The quantitative estimate of drug-likeness (QED) is 0.484. The molecule has 3 aromatic rings. The lowest BCUT2D eigenvalue weighted by molar-refractivity contribution is -0.389. The smallest absolute Gasteiger partial charge is 0.358 e. The molecule has 0 saturated carbocycles. The molecule has 1 fully saturated rings. The zero-order valence-corrected chi connectivity index (χ0v) is 15.4. The van der Waals surface area contributed by atoms with Crippen LogP contribution in [-0.4, -0.2) is 45.4 Å². The first-order valence-corrected chi connectivity index (χ1v) is 9.44. The first-order valence-electron chi connectivity index (χ1n) is 8.56. The molecule has 2 aromatic heterocycles. The Labute approximate surface area is 161 Å². The summed E-state index contributed by atoms with van der Waals surface area (Å²) in [6.45, 7) is 2.94. The molecular formula is C17H16F3N5O2S. The lowest BCUT2D eigenvalue weighted by Crippen LogP contribution is -2.46. The minimum absolute atomic E-state index is 0.0348. The predicted octanol–water partition coefficient (Wildman–Crippen LogP) is 3.65. The van der Waals surface area contributed by atoms with Gasteiger partial charge in [-0.2, -0.15) is 22.6 Å².